The fourth-order valence-corrected chi connectivity index (χ4v) is 1.68. The van der Waals surface area contributed by atoms with Crippen molar-refractivity contribution < 1.29 is 4.48 Å². The molecule has 0 aromatic carbocycles. The zero-order valence-corrected chi connectivity index (χ0v) is 9.56. The van der Waals surface area contributed by atoms with Crippen molar-refractivity contribution in [3.05, 3.63) is 0 Å². The number of rotatable bonds is 6. The van der Waals surface area contributed by atoms with Crippen molar-refractivity contribution in [2.45, 2.75) is 41.0 Å². The third-order valence-electron chi connectivity index (χ3n) is 3.19. The van der Waals surface area contributed by atoms with Crippen molar-refractivity contribution in [1.29, 1.82) is 0 Å². The highest BCUT2D eigenvalue weighted by Gasteiger charge is 2.19. The van der Waals surface area contributed by atoms with Gasteiger partial charge in [0.2, 0.25) is 0 Å². The van der Waals surface area contributed by atoms with Gasteiger partial charge in [-0.2, -0.15) is 0 Å². The molecular weight excluding hydrogens is 146 g/mol. The Kier molecular flexibility index (Phi) is 5.56. The van der Waals surface area contributed by atoms with E-state index in [1.807, 2.05) is 0 Å². The van der Waals surface area contributed by atoms with Gasteiger partial charge in [-0.05, 0) is 33.1 Å². The van der Waals surface area contributed by atoms with Crippen LogP contribution in [0.25, 0.3) is 0 Å². The van der Waals surface area contributed by atoms with Crippen molar-refractivity contribution in [3.63, 3.8) is 0 Å². The molecule has 1 nitrogen and oxygen atoms in total. The molecule has 0 unspecified atom stereocenters. The van der Waals surface area contributed by atoms with Crippen LogP contribution in [0.4, 0.5) is 0 Å². The molecule has 0 spiro atoms. The van der Waals surface area contributed by atoms with Crippen LogP contribution < -0.4 is 0 Å². The summed E-state index contributed by atoms with van der Waals surface area (Å²) in [6.07, 6.45) is 1.37. The molecule has 0 atom stereocenters. The van der Waals surface area contributed by atoms with Crippen molar-refractivity contribution in [2.75, 3.05) is 26.2 Å². The molecule has 74 valence electrons. The first-order valence-corrected chi connectivity index (χ1v) is 5.45. The normalized spacial score (nSPS) is 12.5. The van der Waals surface area contributed by atoms with Crippen LogP contribution in [0.2, 0.25) is 0 Å². The van der Waals surface area contributed by atoms with E-state index in [9.17, 15) is 0 Å². The molecule has 0 rings (SSSR count). The maximum absolute atomic E-state index is 2.32. The summed E-state index contributed by atoms with van der Waals surface area (Å²) in [6.45, 7) is 16.8. The summed E-state index contributed by atoms with van der Waals surface area (Å²) < 4.78 is 1.30. The molecule has 0 amide bonds. The van der Waals surface area contributed by atoms with Gasteiger partial charge < -0.3 is 4.48 Å². The second-order valence-corrected chi connectivity index (χ2v) is 4.20. The first-order chi connectivity index (χ1) is 5.60. The molecule has 0 N–H and O–H groups in total. The van der Waals surface area contributed by atoms with Gasteiger partial charge in [0, 0.05) is 0 Å². The molecule has 0 aliphatic carbocycles. The summed E-state index contributed by atoms with van der Waals surface area (Å²) in [6, 6.07) is 0. The Morgan fingerprint density at radius 1 is 0.917 bits per heavy atom. The lowest BCUT2D eigenvalue weighted by molar-refractivity contribution is -0.923. The predicted molar refractivity (Wildman–Crippen MR) is 56.2 cm³/mol. The molecular formula is C11H26N+. The Morgan fingerprint density at radius 2 is 1.33 bits per heavy atom. The number of nitrogens with zero attached hydrogens (tertiary/aromatic N) is 1. The largest absolute Gasteiger partial charge is 0.324 e. The van der Waals surface area contributed by atoms with Crippen LogP contribution in [-0.2, 0) is 0 Å². The Balaban J connectivity index is 3.93. The third kappa shape index (κ3) is 3.57. The molecule has 0 saturated heterocycles. The minimum absolute atomic E-state index is 0.854. The van der Waals surface area contributed by atoms with E-state index in [4.69, 9.17) is 0 Å². The number of quaternary nitrogens is 1. The second kappa shape index (κ2) is 5.58. The zero-order valence-electron chi connectivity index (χ0n) is 9.56. The highest BCUT2D eigenvalue weighted by Crippen LogP contribution is 2.10. The van der Waals surface area contributed by atoms with Crippen LogP contribution in [0.3, 0.4) is 0 Å². The lowest BCUT2D eigenvalue weighted by Gasteiger charge is -2.36. The van der Waals surface area contributed by atoms with Gasteiger partial charge in [-0.3, -0.25) is 0 Å². The molecule has 12 heavy (non-hydrogen) atoms. The Labute approximate surface area is 78.4 Å². The van der Waals surface area contributed by atoms with Gasteiger partial charge in [0.05, 0.1) is 26.2 Å². The Hall–Kier alpha value is -0.0400. The maximum atomic E-state index is 2.32. The fourth-order valence-electron chi connectivity index (χ4n) is 1.68. The minimum atomic E-state index is 0.854. The quantitative estimate of drug-likeness (QED) is 0.540. The van der Waals surface area contributed by atoms with Crippen molar-refractivity contribution in [1.82, 2.24) is 0 Å². The summed E-state index contributed by atoms with van der Waals surface area (Å²) in [5.74, 6) is 0.854. The first kappa shape index (κ1) is 12.0. The van der Waals surface area contributed by atoms with E-state index in [0.29, 0.717) is 0 Å². The summed E-state index contributed by atoms with van der Waals surface area (Å²) in [7, 11) is 0. The van der Waals surface area contributed by atoms with Crippen LogP contribution in [0, 0.1) is 5.92 Å². The molecule has 0 aliphatic heterocycles. The molecule has 0 radical (unpaired) electrons. The minimum Gasteiger partial charge on any atom is -0.324 e. The van der Waals surface area contributed by atoms with E-state index in [1.165, 1.54) is 37.1 Å². The zero-order chi connectivity index (χ0) is 9.61. The highest BCUT2D eigenvalue weighted by atomic mass is 15.3. The van der Waals surface area contributed by atoms with E-state index >= 15 is 0 Å². The third-order valence-corrected chi connectivity index (χ3v) is 3.19. The van der Waals surface area contributed by atoms with Gasteiger partial charge in [0.1, 0.15) is 0 Å². The molecule has 0 fully saturated rings. The molecule has 0 aliphatic rings. The van der Waals surface area contributed by atoms with Gasteiger partial charge in [-0.25, -0.2) is 0 Å². The summed E-state index contributed by atoms with van der Waals surface area (Å²) in [4.78, 5) is 0. The van der Waals surface area contributed by atoms with Crippen molar-refractivity contribution >= 4 is 0 Å². The van der Waals surface area contributed by atoms with E-state index in [0.717, 1.165) is 5.92 Å². The van der Waals surface area contributed by atoms with E-state index in [1.54, 1.807) is 0 Å². The topological polar surface area (TPSA) is 0 Å². The van der Waals surface area contributed by atoms with Gasteiger partial charge in [0.15, 0.2) is 0 Å². The molecule has 0 bridgehead atoms. The highest BCUT2D eigenvalue weighted by molar-refractivity contribution is 4.45. The average Bonchev–Trinajstić information content (AvgIpc) is 2.08. The molecule has 0 aromatic heterocycles. The molecule has 0 saturated carbocycles. The van der Waals surface area contributed by atoms with Crippen LogP contribution in [0.1, 0.15) is 41.0 Å². The van der Waals surface area contributed by atoms with Gasteiger partial charge >= 0.3 is 0 Å². The predicted octanol–water partition coefficient (Wildman–Crippen LogP) is 2.91. The first-order valence-electron chi connectivity index (χ1n) is 5.45. The maximum Gasteiger partial charge on any atom is 0.0788 e. The van der Waals surface area contributed by atoms with Crippen LogP contribution in [0.15, 0.2) is 0 Å². The van der Waals surface area contributed by atoms with Gasteiger partial charge in [-0.1, -0.05) is 13.8 Å². The summed E-state index contributed by atoms with van der Waals surface area (Å²) in [5, 5.41) is 0. The summed E-state index contributed by atoms with van der Waals surface area (Å²) >= 11 is 0. The van der Waals surface area contributed by atoms with E-state index < -0.39 is 0 Å². The van der Waals surface area contributed by atoms with E-state index in [-0.39, 0.29) is 0 Å². The molecule has 1 heteroatoms. The smallest absolute Gasteiger partial charge is 0.0788 e. The lowest BCUT2D eigenvalue weighted by atomic mass is 10.1. The Morgan fingerprint density at radius 3 is 1.58 bits per heavy atom. The number of hydrogen-bond donors (Lipinski definition) is 0. The standard InChI is InChI=1S/C11H26N/c1-6-12(7-2,8-3)10-9-11(4)5/h11H,6-10H2,1-5H3/q+1. The fraction of sp³-hybridized carbons (Fsp3) is 1.00. The van der Waals surface area contributed by atoms with E-state index in [2.05, 4.69) is 34.6 Å². The van der Waals surface area contributed by atoms with Gasteiger partial charge in [0.25, 0.3) is 0 Å². The SMILES string of the molecule is CC[N+](CC)(CC)CCC(C)C. The molecule has 0 aromatic rings. The second-order valence-electron chi connectivity index (χ2n) is 4.20. The Bertz CT molecular complexity index is 95.3. The van der Waals surface area contributed by atoms with Crippen LogP contribution in [-0.4, -0.2) is 30.7 Å². The molecule has 0 heterocycles. The van der Waals surface area contributed by atoms with Crippen molar-refractivity contribution in [3.8, 4) is 0 Å². The van der Waals surface area contributed by atoms with Crippen LogP contribution in [0.5, 0.6) is 0 Å². The van der Waals surface area contributed by atoms with Crippen molar-refractivity contribution in [2.24, 2.45) is 5.92 Å². The number of hydrogen-bond acceptors (Lipinski definition) is 0. The van der Waals surface area contributed by atoms with Gasteiger partial charge in [-0.15, -0.1) is 0 Å². The van der Waals surface area contributed by atoms with Crippen LogP contribution >= 0.6 is 0 Å². The summed E-state index contributed by atoms with van der Waals surface area (Å²) in [5.41, 5.74) is 0. The monoisotopic (exact) mass is 172 g/mol. The average molecular weight is 172 g/mol. The lowest BCUT2D eigenvalue weighted by Crippen LogP contribution is -2.48.